The number of aliphatic carboxylic acids is 1. The van der Waals surface area contributed by atoms with E-state index in [1.54, 1.807) is 24.3 Å². The lowest BCUT2D eigenvalue weighted by molar-refractivity contribution is -0.139. The van der Waals surface area contributed by atoms with Gasteiger partial charge in [0.05, 0.1) is 17.3 Å². The number of thiazole rings is 1. The monoisotopic (exact) mass is 362 g/mol. The zero-order valence-electron chi connectivity index (χ0n) is 13.7. The Morgan fingerprint density at radius 3 is 3.04 bits per heavy atom. The summed E-state index contributed by atoms with van der Waals surface area (Å²) in [5, 5.41) is 12.4. The minimum absolute atomic E-state index is 0.240. The third-order valence-electron chi connectivity index (χ3n) is 3.75. The Hall–Kier alpha value is -2.45. The number of aryl methyl sites for hydroxylation is 1. The normalized spacial score (nSPS) is 16.6. The average Bonchev–Trinajstić information content (AvgIpc) is 3.22. The van der Waals surface area contributed by atoms with Gasteiger partial charge in [0.2, 0.25) is 0 Å². The molecule has 2 heterocycles. The maximum absolute atomic E-state index is 12.5. The van der Waals surface area contributed by atoms with Crippen molar-refractivity contribution >= 4 is 28.9 Å². The van der Waals surface area contributed by atoms with E-state index in [9.17, 15) is 9.59 Å². The maximum Gasteiger partial charge on any atom is 0.341 e. The van der Waals surface area contributed by atoms with Crippen LogP contribution >= 0.6 is 11.3 Å². The molecule has 132 valence electrons. The first-order chi connectivity index (χ1) is 12.0. The fourth-order valence-electron chi connectivity index (χ4n) is 2.53. The zero-order valence-corrected chi connectivity index (χ0v) is 14.5. The first-order valence-corrected chi connectivity index (χ1v) is 8.65. The Kier molecular flexibility index (Phi) is 5.30. The van der Waals surface area contributed by atoms with Crippen molar-refractivity contribution < 1.29 is 24.2 Å². The summed E-state index contributed by atoms with van der Waals surface area (Å²) in [6.45, 7) is 2.76. The molecular weight excluding hydrogens is 344 g/mol. The molecule has 1 amide bonds. The molecule has 0 bridgehead atoms. The summed E-state index contributed by atoms with van der Waals surface area (Å²) in [6.07, 6.45) is 0.928. The number of rotatable bonds is 6. The van der Waals surface area contributed by atoms with Gasteiger partial charge in [-0.15, -0.1) is 11.3 Å². The fraction of sp³-hybridized carbons (Fsp3) is 0.353. The van der Waals surface area contributed by atoms with Crippen LogP contribution in [0.3, 0.4) is 0 Å². The molecule has 1 atom stereocenters. The number of nitrogens with one attached hydrogen (secondary N) is 1. The van der Waals surface area contributed by atoms with Crippen molar-refractivity contribution in [2.24, 2.45) is 0 Å². The van der Waals surface area contributed by atoms with Gasteiger partial charge in [0, 0.05) is 24.3 Å². The molecule has 0 saturated carbocycles. The van der Waals surface area contributed by atoms with E-state index in [0.29, 0.717) is 28.6 Å². The van der Waals surface area contributed by atoms with E-state index < -0.39 is 12.6 Å². The quantitative estimate of drug-likeness (QED) is 0.820. The number of nitrogens with zero attached hydrogens (tertiary/aromatic N) is 1. The molecule has 1 aliphatic rings. The highest BCUT2D eigenvalue weighted by Gasteiger charge is 2.24. The lowest BCUT2D eigenvalue weighted by Crippen LogP contribution is -2.12. The standard InChI is InChI=1S/C17H18N2O5S/c1-10-15(25-17(18-10)11-5-6-23-8-11)16(22)19-12-3-2-4-13(7-12)24-9-14(20)21/h2-4,7,11H,5-6,8-9H2,1H3,(H,19,22)(H,20,21). The van der Waals surface area contributed by atoms with Gasteiger partial charge in [-0.25, -0.2) is 9.78 Å². The number of hydrogen-bond donors (Lipinski definition) is 2. The number of aromatic nitrogens is 1. The van der Waals surface area contributed by atoms with Crippen LogP contribution in [0.15, 0.2) is 24.3 Å². The molecule has 25 heavy (non-hydrogen) atoms. The highest BCUT2D eigenvalue weighted by atomic mass is 32.1. The summed E-state index contributed by atoms with van der Waals surface area (Å²) >= 11 is 1.39. The van der Waals surface area contributed by atoms with Crippen molar-refractivity contribution in [3.8, 4) is 5.75 Å². The van der Waals surface area contributed by atoms with Crippen molar-refractivity contribution in [1.82, 2.24) is 4.98 Å². The fourth-order valence-corrected chi connectivity index (χ4v) is 3.61. The first-order valence-electron chi connectivity index (χ1n) is 7.84. The Morgan fingerprint density at radius 2 is 2.32 bits per heavy atom. The van der Waals surface area contributed by atoms with Gasteiger partial charge < -0.3 is 19.9 Å². The molecule has 0 spiro atoms. The molecule has 0 aliphatic carbocycles. The van der Waals surface area contributed by atoms with E-state index in [4.69, 9.17) is 14.6 Å². The number of hydrogen-bond acceptors (Lipinski definition) is 6. The van der Waals surface area contributed by atoms with Crippen LogP contribution in [0.2, 0.25) is 0 Å². The topological polar surface area (TPSA) is 97.8 Å². The second-order valence-corrected chi connectivity index (χ2v) is 6.72. The van der Waals surface area contributed by atoms with Crippen LogP contribution in [0.1, 0.15) is 32.7 Å². The van der Waals surface area contributed by atoms with E-state index in [0.717, 1.165) is 18.0 Å². The van der Waals surface area contributed by atoms with Gasteiger partial charge in [0.25, 0.3) is 5.91 Å². The molecule has 2 aromatic rings. The van der Waals surface area contributed by atoms with Crippen LogP contribution < -0.4 is 10.1 Å². The molecular formula is C17H18N2O5S. The number of anilines is 1. The highest BCUT2D eigenvalue weighted by Crippen LogP contribution is 2.31. The van der Waals surface area contributed by atoms with Gasteiger partial charge in [-0.2, -0.15) is 0 Å². The molecule has 2 N–H and O–H groups in total. The number of ether oxygens (including phenoxy) is 2. The predicted molar refractivity (Wildman–Crippen MR) is 92.6 cm³/mol. The van der Waals surface area contributed by atoms with Crippen LogP contribution in [-0.4, -0.2) is 41.8 Å². The van der Waals surface area contributed by atoms with Crippen LogP contribution in [-0.2, 0) is 9.53 Å². The van der Waals surface area contributed by atoms with Crippen molar-refractivity contribution in [1.29, 1.82) is 0 Å². The molecule has 0 radical (unpaired) electrons. The second-order valence-electron chi connectivity index (χ2n) is 5.69. The molecule has 8 heteroatoms. The largest absolute Gasteiger partial charge is 0.482 e. The lowest BCUT2D eigenvalue weighted by atomic mass is 10.1. The Bertz CT molecular complexity index is 783. The van der Waals surface area contributed by atoms with Gasteiger partial charge >= 0.3 is 5.97 Å². The Balaban J connectivity index is 1.69. The average molecular weight is 362 g/mol. The molecule has 1 unspecified atom stereocenters. The highest BCUT2D eigenvalue weighted by molar-refractivity contribution is 7.14. The van der Waals surface area contributed by atoms with E-state index in [-0.39, 0.29) is 11.8 Å². The molecule has 7 nitrogen and oxygen atoms in total. The Morgan fingerprint density at radius 1 is 1.48 bits per heavy atom. The maximum atomic E-state index is 12.5. The van der Waals surface area contributed by atoms with Crippen molar-refractivity contribution in [3.63, 3.8) is 0 Å². The van der Waals surface area contributed by atoms with Crippen molar-refractivity contribution in [3.05, 3.63) is 39.8 Å². The number of benzene rings is 1. The summed E-state index contributed by atoms with van der Waals surface area (Å²) in [5.41, 5.74) is 1.23. The minimum Gasteiger partial charge on any atom is -0.482 e. The molecule has 1 aromatic carbocycles. The summed E-state index contributed by atoms with van der Waals surface area (Å²) in [4.78, 5) is 28.2. The third-order valence-corrected chi connectivity index (χ3v) is 5.07. The molecule has 1 aromatic heterocycles. The van der Waals surface area contributed by atoms with Gasteiger partial charge in [0.1, 0.15) is 10.6 Å². The summed E-state index contributed by atoms with van der Waals surface area (Å²) < 4.78 is 10.5. The predicted octanol–water partition coefficient (Wildman–Crippen LogP) is 2.67. The van der Waals surface area contributed by atoms with E-state index >= 15 is 0 Å². The zero-order chi connectivity index (χ0) is 17.8. The summed E-state index contributed by atoms with van der Waals surface area (Å²) in [5.74, 6) is -0.656. The van der Waals surface area contributed by atoms with E-state index in [1.165, 1.54) is 11.3 Å². The van der Waals surface area contributed by atoms with Crippen LogP contribution in [0, 0.1) is 6.92 Å². The number of amides is 1. The summed E-state index contributed by atoms with van der Waals surface area (Å²) in [7, 11) is 0. The number of carbonyl (C=O) groups is 2. The number of carboxylic acids is 1. The second kappa shape index (κ2) is 7.62. The van der Waals surface area contributed by atoms with Gasteiger partial charge in [-0.1, -0.05) is 6.07 Å². The minimum atomic E-state index is -1.06. The van der Waals surface area contributed by atoms with E-state index in [1.807, 2.05) is 6.92 Å². The summed E-state index contributed by atoms with van der Waals surface area (Å²) in [6, 6.07) is 6.62. The molecule has 3 rings (SSSR count). The van der Waals surface area contributed by atoms with Crippen LogP contribution in [0.5, 0.6) is 5.75 Å². The molecule has 1 fully saturated rings. The van der Waals surface area contributed by atoms with Crippen LogP contribution in [0.25, 0.3) is 0 Å². The van der Waals surface area contributed by atoms with Gasteiger partial charge in [0.15, 0.2) is 6.61 Å². The van der Waals surface area contributed by atoms with Gasteiger partial charge in [-0.3, -0.25) is 4.79 Å². The SMILES string of the molecule is Cc1nc(C2CCOC2)sc1C(=O)Nc1cccc(OCC(=O)O)c1. The van der Waals surface area contributed by atoms with Crippen molar-refractivity contribution in [2.75, 3.05) is 25.1 Å². The van der Waals surface area contributed by atoms with Crippen molar-refractivity contribution in [2.45, 2.75) is 19.3 Å². The number of carboxylic acid groups (broad SMARTS) is 1. The first kappa shape index (κ1) is 17.4. The molecule has 1 saturated heterocycles. The van der Waals surface area contributed by atoms with Gasteiger partial charge in [-0.05, 0) is 25.5 Å². The number of carbonyl (C=O) groups excluding carboxylic acids is 1. The molecule has 1 aliphatic heterocycles. The van der Waals surface area contributed by atoms with E-state index in [2.05, 4.69) is 10.3 Å². The van der Waals surface area contributed by atoms with Crippen LogP contribution in [0.4, 0.5) is 5.69 Å². The lowest BCUT2D eigenvalue weighted by Gasteiger charge is -2.07. The Labute approximate surface area is 148 Å². The third kappa shape index (κ3) is 4.34. The smallest absolute Gasteiger partial charge is 0.341 e.